The topological polar surface area (TPSA) is 56.3 Å². The maximum absolute atomic E-state index is 4.87. The zero-order valence-electron chi connectivity index (χ0n) is 14.9. The molecule has 3 aromatic rings. The summed E-state index contributed by atoms with van der Waals surface area (Å²) >= 11 is 0. The minimum Gasteiger partial charge on any atom is -0.356 e. The molecule has 1 aliphatic heterocycles. The van der Waals surface area contributed by atoms with Crippen LogP contribution in [0.25, 0.3) is 11.0 Å². The molecule has 26 heavy (non-hydrogen) atoms. The molecule has 0 saturated heterocycles. The van der Waals surface area contributed by atoms with Gasteiger partial charge in [0.1, 0.15) is 5.65 Å². The lowest BCUT2D eigenvalue weighted by molar-refractivity contribution is 0.873. The van der Waals surface area contributed by atoms with Crippen LogP contribution in [0.4, 0.5) is 5.69 Å². The van der Waals surface area contributed by atoms with Gasteiger partial charge in [-0.05, 0) is 49.1 Å². The second kappa shape index (κ2) is 8.53. The smallest absolute Gasteiger partial charge is 0.198 e. The van der Waals surface area contributed by atoms with Crippen molar-refractivity contribution >= 4 is 46.7 Å². The minimum absolute atomic E-state index is 0. The number of rotatable bonds is 4. The Morgan fingerprint density at radius 3 is 3.04 bits per heavy atom. The van der Waals surface area contributed by atoms with E-state index in [1.807, 2.05) is 18.5 Å². The van der Waals surface area contributed by atoms with Crippen molar-refractivity contribution in [3.05, 3.63) is 59.9 Å². The van der Waals surface area contributed by atoms with Crippen LogP contribution in [0, 0.1) is 0 Å². The Kier molecular flexibility index (Phi) is 6.13. The first-order valence-electron chi connectivity index (χ1n) is 8.91. The van der Waals surface area contributed by atoms with Crippen LogP contribution in [-0.4, -0.2) is 35.6 Å². The Labute approximate surface area is 170 Å². The van der Waals surface area contributed by atoms with E-state index in [1.54, 1.807) is 0 Å². The van der Waals surface area contributed by atoms with Crippen LogP contribution >= 0.6 is 24.0 Å². The first-order valence-corrected chi connectivity index (χ1v) is 8.91. The third-order valence-corrected chi connectivity index (χ3v) is 4.66. The van der Waals surface area contributed by atoms with Crippen LogP contribution in [0.5, 0.6) is 0 Å². The van der Waals surface area contributed by atoms with Gasteiger partial charge in [0.05, 0.1) is 0 Å². The van der Waals surface area contributed by atoms with Crippen LogP contribution in [0.1, 0.15) is 18.1 Å². The van der Waals surface area contributed by atoms with Gasteiger partial charge in [-0.25, -0.2) is 4.98 Å². The van der Waals surface area contributed by atoms with Crippen molar-refractivity contribution < 1.29 is 0 Å². The summed E-state index contributed by atoms with van der Waals surface area (Å²) in [4.78, 5) is 14.8. The van der Waals surface area contributed by atoms with E-state index in [4.69, 9.17) is 4.99 Å². The van der Waals surface area contributed by atoms with Gasteiger partial charge >= 0.3 is 0 Å². The highest BCUT2D eigenvalue weighted by atomic mass is 127. The number of benzene rings is 1. The van der Waals surface area contributed by atoms with Crippen LogP contribution in [0.2, 0.25) is 0 Å². The molecule has 2 aromatic heterocycles. The number of nitrogens with one attached hydrogen (secondary N) is 2. The van der Waals surface area contributed by atoms with Gasteiger partial charge in [0.25, 0.3) is 0 Å². The number of halogens is 1. The lowest BCUT2D eigenvalue weighted by atomic mass is 10.1. The van der Waals surface area contributed by atoms with E-state index in [-0.39, 0.29) is 24.0 Å². The zero-order chi connectivity index (χ0) is 17.1. The average molecular weight is 461 g/mol. The van der Waals surface area contributed by atoms with Gasteiger partial charge in [-0.1, -0.05) is 18.2 Å². The monoisotopic (exact) mass is 461 g/mol. The van der Waals surface area contributed by atoms with Crippen LogP contribution in [0.15, 0.2) is 53.8 Å². The third kappa shape index (κ3) is 3.70. The molecule has 0 amide bonds. The number of H-pyrrole nitrogens is 1. The summed E-state index contributed by atoms with van der Waals surface area (Å²) in [6.07, 6.45) is 5.84. The number of aromatic amines is 1. The molecule has 0 atom stereocenters. The van der Waals surface area contributed by atoms with Crippen molar-refractivity contribution in [2.75, 3.05) is 24.5 Å². The van der Waals surface area contributed by atoms with Crippen molar-refractivity contribution in [2.24, 2.45) is 4.99 Å². The van der Waals surface area contributed by atoms with Crippen LogP contribution in [0.3, 0.4) is 0 Å². The highest BCUT2D eigenvalue weighted by molar-refractivity contribution is 14.0. The van der Waals surface area contributed by atoms with Gasteiger partial charge in [0, 0.05) is 43.1 Å². The maximum Gasteiger partial charge on any atom is 0.198 e. The number of anilines is 1. The predicted molar refractivity (Wildman–Crippen MR) is 119 cm³/mol. The molecule has 4 rings (SSSR count). The SMILES string of the molecule is CCNC(=NCCc1c[nH]c2ncccc12)N1CCc2ccccc21.I. The molecule has 0 saturated carbocycles. The molecule has 6 heteroatoms. The lowest BCUT2D eigenvalue weighted by Gasteiger charge is -2.22. The van der Waals surface area contributed by atoms with E-state index in [0.29, 0.717) is 0 Å². The van der Waals surface area contributed by atoms with Gasteiger partial charge in [-0.2, -0.15) is 0 Å². The summed E-state index contributed by atoms with van der Waals surface area (Å²) < 4.78 is 0. The number of hydrogen-bond donors (Lipinski definition) is 2. The molecule has 0 radical (unpaired) electrons. The fourth-order valence-corrected chi connectivity index (χ4v) is 3.45. The normalized spacial score (nSPS) is 13.6. The molecule has 0 fully saturated rings. The second-order valence-corrected chi connectivity index (χ2v) is 6.23. The number of pyridine rings is 1. The zero-order valence-corrected chi connectivity index (χ0v) is 17.2. The van der Waals surface area contributed by atoms with E-state index in [2.05, 4.69) is 57.4 Å². The van der Waals surface area contributed by atoms with Gasteiger partial charge in [-0.3, -0.25) is 4.99 Å². The Morgan fingerprint density at radius 2 is 2.15 bits per heavy atom. The van der Waals surface area contributed by atoms with Crippen molar-refractivity contribution in [2.45, 2.75) is 19.8 Å². The van der Waals surface area contributed by atoms with Gasteiger partial charge in [0.15, 0.2) is 5.96 Å². The van der Waals surface area contributed by atoms with Crippen molar-refractivity contribution in [1.82, 2.24) is 15.3 Å². The van der Waals surface area contributed by atoms with Crippen molar-refractivity contribution in [1.29, 1.82) is 0 Å². The third-order valence-electron chi connectivity index (χ3n) is 4.66. The highest BCUT2D eigenvalue weighted by Gasteiger charge is 2.22. The van der Waals surface area contributed by atoms with E-state index in [0.717, 1.165) is 44.1 Å². The summed E-state index contributed by atoms with van der Waals surface area (Å²) in [5, 5.41) is 4.63. The van der Waals surface area contributed by atoms with E-state index >= 15 is 0 Å². The number of fused-ring (bicyclic) bond motifs is 2. The number of hydrogen-bond acceptors (Lipinski definition) is 2. The number of aliphatic imine (C=N–C) groups is 1. The summed E-state index contributed by atoms with van der Waals surface area (Å²) in [6, 6.07) is 12.7. The summed E-state index contributed by atoms with van der Waals surface area (Å²) in [5.74, 6) is 0.977. The van der Waals surface area contributed by atoms with Gasteiger partial charge in [-0.15, -0.1) is 24.0 Å². The maximum atomic E-state index is 4.87. The molecular formula is C20H24IN5. The first-order chi connectivity index (χ1) is 12.4. The lowest BCUT2D eigenvalue weighted by Crippen LogP contribution is -2.40. The van der Waals surface area contributed by atoms with Crippen molar-refractivity contribution in [3.8, 4) is 0 Å². The quantitative estimate of drug-likeness (QED) is 0.354. The van der Waals surface area contributed by atoms with Gasteiger partial charge in [0.2, 0.25) is 0 Å². The number of aromatic nitrogens is 2. The molecule has 0 bridgehead atoms. The van der Waals surface area contributed by atoms with Crippen LogP contribution < -0.4 is 10.2 Å². The van der Waals surface area contributed by atoms with Crippen molar-refractivity contribution in [3.63, 3.8) is 0 Å². The second-order valence-electron chi connectivity index (χ2n) is 6.23. The Bertz CT molecular complexity index is 902. The molecular weight excluding hydrogens is 437 g/mol. The summed E-state index contributed by atoms with van der Waals surface area (Å²) in [7, 11) is 0. The predicted octanol–water partition coefficient (Wildman–Crippen LogP) is 3.75. The van der Waals surface area contributed by atoms with E-state index < -0.39 is 0 Å². The average Bonchev–Trinajstić information content (AvgIpc) is 3.25. The fourth-order valence-electron chi connectivity index (χ4n) is 3.45. The molecule has 1 aliphatic rings. The van der Waals surface area contributed by atoms with E-state index in [9.17, 15) is 0 Å². The molecule has 0 unspecified atom stereocenters. The Morgan fingerprint density at radius 1 is 1.27 bits per heavy atom. The standard InChI is InChI=1S/C20H23N5.HI/c1-2-21-20(25-13-10-15-6-3-4-8-18(15)25)23-12-9-16-14-24-19-17(16)7-5-11-22-19;/h3-8,11,14H,2,9-10,12-13H2,1H3,(H,21,23)(H,22,24);1H. The van der Waals surface area contributed by atoms with E-state index in [1.165, 1.54) is 22.2 Å². The minimum atomic E-state index is 0. The molecule has 2 N–H and O–H groups in total. The summed E-state index contributed by atoms with van der Waals surface area (Å²) in [5.41, 5.74) is 4.89. The number of guanidine groups is 1. The Balaban J connectivity index is 0.00000196. The largest absolute Gasteiger partial charge is 0.356 e. The van der Waals surface area contributed by atoms with Gasteiger partial charge < -0.3 is 15.2 Å². The molecule has 136 valence electrons. The first kappa shape index (κ1) is 18.7. The molecule has 1 aromatic carbocycles. The highest BCUT2D eigenvalue weighted by Crippen LogP contribution is 2.27. The van der Waals surface area contributed by atoms with Crippen LogP contribution in [-0.2, 0) is 12.8 Å². The number of nitrogens with zero attached hydrogens (tertiary/aromatic N) is 3. The number of para-hydroxylation sites is 1. The molecule has 0 spiro atoms. The molecule has 0 aliphatic carbocycles. The molecule has 3 heterocycles. The molecule has 5 nitrogen and oxygen atoms in total. The fraction of sp³-hybridized carbons (Fsp3) is 0.300. The Hall–Kier alpha value is -2.09. The summed E-state index contributed by atoms with van der Waals surface area (Å²) in [6.45, 7) is 4.72.